The maximum absolute atomic E-state index is 6.71. The molecule has 0 N–H and O–H groups in total. The number of hydrogen-bond donors (Lipinski definition) is 0. The Hall–Kier alpha value is -8.55. The van der Waals surface area contributed by atoms with Crippen LogP contribution in [0.1, 0.15) is 13.8 Å². The first kappa shape index (κ1) is 38.4. The van der Waals surface area contributed by atoms with Crippen LogP contribution in [-0.4, -0.2) is 24.9 Å². The number of rotatable bonds is 7. The van der Waals surface area contributed by atoms with Crippen molar-refractivity contribution in [2.45, 2.75) is 13.8 Å². The van der Waals surface area contributed by atoms with Gasteiger partial charge in [-0.3, -0.25) is 0 Å². The summed E-state index contributed by atoms with van der Waals surface area (Å²) >= 11 is 0. The second-order valence-electron chi connectivity index (χ2n) is 15.2. The quantitative estimate of drug-likeness (QED) is 0.158. The van der Waals surface area contributed by atoms with Crippen LogP contribution in [0.5, 0.6) is 0 Å². The summed E-state index contributed by atoms with van der Waals surface area (Å²) in [7, 11) is 0. The zero-order chi connectivity index (χ0) is 43.0. The molecule has 0 aliphatic rings. The third-order valence-corrected chi connectivity index (χ3v) is 11.4. The van der Waals surface area contributed by atoms with Gasteiger partial charge in [0.15, 0.2) is 28.9 Å². The first-order valence-corrected chi connectivity index (χ1v) is 21.5. The molecule has 12 rings (SSSR count). The van der Waals surface area contributed by atoms with Crippen LogP contribution in [0.2, 0.25) is 0 Å². The minimum absolute atomic E-state index is 0.573. The maximum atomic E-state index is 6.71. The van der Waals surface area contributed by atoms with E-state index in [-0.39, 0.29) is 0 Å². The zero-order valence-corrected chi connectivity index (χ0v) is 35.1. The van der Waals surface area contributed by atoms with Gasteiger partial charge in [0, 0.05) is 38.6 Å². The molecule has 64 heavy (non-hydrogen) atoms. The van der Waals surface area contributed by atoms with E-state index in [9.17, 15) is 0 Å². The van der Waals surface area contributed by atoms with E-state index in [1.165, 1.54) is 0 Å². The molecule has 0 atom stereocenters. The van der Waals surface area contributed by atoms with Crippen LogP contribution in [0.3, 0.4) is 0 Å². The van der Waals surface area contributed by atoms with Gasteiger partial charge in [-0.25, -0.2) is 24.9 Å². The van der Waals surface area contributed by atoms with Crippen LogP contribution in [0, 0.1) is 0 Å². The summed E-state index contributed by atoms with van der Waals surface area (Å²) in [4.78, 5) is 25.6. The highest BCUT2D eigenvalue weighted by molar-refractivity contribution is 6.14. The summed E-state index contributed by atoms with van der Waals surface area (Å²) in [6, 6.07) is 67.6. The minimum atomic E-state index is 0.573. The Morgan fingerprint density at radius 2 is 0.797 bits per heavy atom. The molecule has 0 bridgehead atoms. The Balaban J connectivity index is 0.00000225. The van der Waals surface area contributed by atoms with Crippen molar-refractivity contribution >= 4 is 44.0 Å². The van der Waals surface area contributed by atoms with Crippen molar-refractivity contribution in [2.24, 2.45) is 0 Å². The van der Waals surface area contributed by atoms with Crippen molar-refractivity contribution in [2.75, 3.05) is 0 Å². The van der Waals surface area contributed by atoms with Gasteiger partial charge in [0.05, 0.1) is 5.39 Å². The summed E-state index contributed by atoms with van der Waals surface area (Å²) in [5, 5.41) is 3.02. The predicted octanol–water partition coefficient (Wildman–Crippen LogP) is 15.2. The van der Waals surface area contributed by atoms with Crippen LogP contribution in [0.4, 0.5) is 0 Å². The van der Waals surface area contributed by atoms with Crippen LogP contribution in [0.25, 0.3) is 123 Å². The molecule has 0 amide bonds. The Bertz CT molecular complexity index is 3620. The number of furan rings is 2. The molecule has 0 radical (unpaired) electrons. The van der Waals surface area contributed by atoms with Crippen molar-refractivity contribution in [3.63, 3.8) is 0 Å². The molecule has 4 heterocycles. The fraction of sp³-hybridized carbons (Fsp3) is 0.0351. The first-order valence-electron chi connectivity index (χ1n) is 21.5. The lowest BCUT2D eigenvalue weighted by Gasteiger charge is -2.11. The van der Waals surface area contributed by atoms with E-state index in [1.54, 1.807) is 0 Å². The van der Waals surface area contributed by atoms with Gasteiger partial charge in [0.25, 0.3) is 0 Å². The number of fused-ring (bicyclic) bond motifs is 6. The Labute approximate surface area is 369 Å². The van der Waals surface area contributed by atoms with E-state index < -0.39 is 0 Å². The SMILES string of the molecule is CC.c1ccc(-c2ccc(-c3nc(-c4ccccc4)nc(-c4cccc(-c5cccc6oc7c(-c8ccccc8)nc(-c8ccc9c(c8)oc8ccccc89)nc7c56)c4)n3)cc2)cc1. The van der Waals surface area contributed by atoms with Crippen molar-refractivity contribution in [1.82, 2.24) is 24.9 Å². The molecular formula is C57H39N5O2. The third-order valence-electron chi connectivity index (χ3n) is 11.4. The number of benzene rings is 8. The highest BCUT2D eigenvalue weighted by Gasteiger charge is 2.22. The molecule has 0 spiro atoms. The van der Waals surface area contributed by atoms with E-state index in [2.05, 4.69) is 97.1 Å². The van der Waals surface area contributed by atoms with Gasteiger partial charge in [0.1, 0.15) is 28.0 Å². The predicted molar refractivity (Wildman–Crippen MR) is 259 cm³/mol. The van der Waals surface area contributed by atoms with Crippen molar-refractivity contribution < 1.29 is 8.83 Å². The van der Waals surface area contributed by atoms with Gasteiger partial charge in [0.2, 0.25) is 0 Å². The largest absolute Gasteiger partial charge is 0.456 e. The molecular weight excluding hydrogens is 787 g/mol. The lowest BCUT2D eigenvalue weighted by atomic mass is 9.98. The molecule has 0 aliphatic heterocycles. The highest BCUT2D eigenvalue weighted by Crippen LogP contribution is 2.41. The van der Waals surface area contributed by atoms with Crippen LogP contribution < -0.4 is 0 Å². The molecule has 0 unspecified atom stereocenters. The Kier molecular flexibility index (Phi) is 9.82. The molecule has 0 saturated heterocycles. The molecule has 4 aromatic heterocycles. The fourth-order valence-corrected chi connectivity index (χ4v) is 8.33. The lowest BCUT2D eigenvalue weighted by Crippen LogP contribution is -2.00. The molecule has 12 aromatic rings. The number of para-hydroxylation sites is 1. The Morgan fingerprint density at radius 1 is 0.312 bits per heavy atom. The smallest absolute Gasteiger partial charge is 0.180 e. The Morgan fingerprint density at radius 3 is 1.53 bits per heavy atom. The van der Waals surface area contributed by atoms with Gasteiger partial charge < -0.3 is 8.83 Å². The monoisotopic (exact) mass is 825 g/mol. The standard InChI is InChI=1S/C55H33N5O2.C2H6/c1-4-14-34(15-5-1)35-26-28-38(29-27-35)53-58-52(37-18-8-3-9-19-37)59-55(60-53)40-21-12-20-39(32-40)42-23-13-25-46-48(42)50-51(62-46)49(36-16-6-2-7-17-36)56-54(57-50)41-30-31-44-43-22-10-11-24-45(43)61-47(44)33-41;1-2/h1-33H;1-2H3. The molecule has 0 aliphatic carbocycles. The number of aromatic nitrogens is 5. The summed E-state index contributed by atoms with van der Waals surface area (Å²) in [5.41, 5.74) is 13.1. The summed E-state index contributed by atoms with van der Waals surface area (Å²) in [5.74, 6) is 2.35. The molecule has 7 heteroatoms. The van der Waals surface area contributed by atoms with Crippen molar-refractivity contribution in [3.05, 3.63) is 200 Å². The maximum Gasteiger partial charge on any atom is 0.180 e. The molecule has 0 fully saturated rings. The van der Waals surface area contributed by atoms with Gasteiger partial charge in [-0.1, -0.05) is 184 Å². The number of nitrogens with zero attached hydrogens (tertiary/aromatic N) is 5. The summed E-state index contributed by atoms with van der Waals surface area (Å²) in [6.45, 7) is 4.00. The van der Waals surface area contributed by atoms with E-state index in [0.717, 1.165) is 82.9 Å². The second kappa shape index (κ2) is 16.4. The average molecular weight is 826 g/mol. The van der Waals surface area contributed by atoms with Gasteiger partial charge in [-0.2, -0.15) is 0 Å². The minimum Gasteiger partial charge on any atom is -0.456 e. The van der Waals surface area contributed by atoms with Gasteiger partial charge in [-0.15, -0.1) is 0 Å². The summed E-state index contributed by atoms with van der Waals surface area (Å²) in [6.07, 6.45) is 0. The van der Waals surface area contributed by atoms with E-state index in [0.29, 0.717) is 40.2 Å². The first-order chi connectivity index (χ1) is 31.7. The topological polar surface area (TPSA) is 90.7 Å². The highest BCUT2D eigenvalue weighted by atomic mass is 16.3. The molecule has 0 saturated carbocycles. The van der Waals surface area contributed by atoms with E-state index in [4.69, 9.17) is 33.8 Å². The second-order valence-corrected chi connectivity index (χ2v) is 15.2. The van der Waals surface area contributed by atoms with Crippen LogP contribution in [0.15, 0.2) is 209 Å². The van der Waals surface area contributed by atoms with Crippen molar-refractivity contribution in [3.8, 4) is 79.1 Å². The van der Waals surface area contributed by atoms with Gasteiger partial charge in [-0.05, 0) is 52.6 Å². The molecule has 304 valence electrons. The average Bonchev–Trinajstić information content (AvgIpc) is 3.96. The van der Waals surface area contributed by atoms with E-state index in [1.807, 2.05) is 117 Å². The zero-order valence-electron chi connectivity index (χ0n) is 35.1. The third kappa shape index (κ3) is 6.95. The lowest BCUT2D eigenvalue weighted by molar-refractivity contribution is 0.667. The molecule has 8 aromatic carbocycles. The summed E-state index contributed by atoms with van der Waals surface area (Å²) < 4.78 is 13.0. The van der Waals surface area contributed by atoms with Crippen LogP contribution in [-0.2, 0) is 0 Å². The van der Waals surface area contributed by atoms with Crippen LogP contribution >= 0.6 is 0 Å². The van der Waals surface area contributed by atoms with E-state index >= 15 is 0 Å². The fourth-order valence-electron chi connectivity index (χ4n) is 8.33. The number of hydrogen-bond acceptors (Lipinski definition) is 7. The van der Waals surface area contributed by atoms with Gasteiger partial charge >= 0.3 is 0 Å². The van der Waals surface area contributed by atoms with Crippen molar-refractivity contribution in [1.29, 1.82) is 0 Å². The normalized spacial score (nSPS) is 11.3. The molecule has 7 nitrogen and oxygen atoms in total.